The van der Waals surface area contributed by atoms with Gasteiger partial charge in [0.25, 0.3) is 11.6 Å². The Morgan fingerprint density at radius 2 is 1.83 bits per heavy atom. The Kier molecular flexibility index (Phi) is 8.46. The van der Waals surface area contributed by atoms with Crippen molar-refractivity contribution in [3.05, 3.63) is 75.8 Å². The number of carbonyl (C=O) groups is 3. The Bertz CT molecular complexity index is 1130. The summed E-state index contributed by atoms with van der Waals surface area (Å²) in [5.41, 5.74) is 9.41. The van der Waals surface area contributed by atoms with Gasteiger partial charge in [-0.15, -0.1) is 4.79 Å². The lowest BCUT2D eigenvalue weighted by molar-refractivity contribution is -0.384. The highest BCUT2D eigenvalue weighted by atomic mass is 16.6. The summed E-state index contributed by atoms with van der Waals surface area (Å²) in [6, 6.07) is 12.8. The maximum Gasteiger partial charge on any atom is 0.561 e. The number of β-lactam (4-membered cyclic amide) rings is 1. The molecule has 1 aliphatic heterocycles. The van der Waals surface area contributed by atoms with Crippen LogP contribution in [0, 0.1) is 10.1 Å². The van der Waals surface area contributed by atoms with E-state index < -0.39 is 34.8 Å². The standard InChI is InChI=1S/C22H21N5O8/c23-26-21(22(30)35-12-14-6-8-15(9-7-14)27(31)32)33-11-10-17-19(20(29)24-17)25-18(28)13-34-16-4-2-1-3-5-16/h1-9,17,19H,10-13H2,(H,24,29)(H,25,28). The first-order valence-corrected chi connectivity index (χ1v) is 10.4. The lowest BCUT2D eigenvalue weighted by atomic mass is 9.96. The number of esters is 1. The number of benzene rings is 2. The second-order valence-electron chi connectivity index (χ2n) is 7.30. The van der Waals surface area contributed by atoms with Crippen LogP contribution >= 0.6 is 0 Å². The smallest absolute Gasteiger partial charge is 0.484 e. The third-order valence-electron chi connectivity index (χ3n) is 4.89. The Morgan fingerprint density at radius 1 is 1.11 bits per heavy atom. The molecule has 3 rings (SSSR count). The highest BCUT2D eigenvalue weighted by Gasteiger charge is 2.40. The van der Waals surface area contributed by atoms with E-state index in [9.17, 15) is 24.5 Å². The summed E-state index contributed by atoms with van der Waals surface area (Å²) in [5, 5.41) is 15.8. The molecule has 1 fully saturated rings. The van der Waals surface area contributed by atoms with E-state index in [4.69, 9.17) is 19.7 Å². The van der Waals surface area contributed by atoms with Gasteiger partial charge in [-0.05, 0) is 29.8 Å². The minimum atomic E-state index is -1.05. The maximum atomic E-state index is 12.1. The Hall–Kier alpha value is -4.77. The third-order valence-corrected chi connectivity index (χ3v) is 4.89. The van der Waals surface area contributed by atoms with Crippen molar-refractivity contribution in [2.75, 3.05) is 13.2 Å². The first-order chi connectivity index (χ1) is 16.9. The molecule has 35 heavy (non-hydrogen) atoms. The zero-order valence-electron chi connectivity index (χ0n) is 18.3. The molecule has 0 aliphatic carbocycles. The number of nitrogens with zero attached hydrogens (tertiary/aromatic N) is 3. The first-order valence-electron chi connectivity index (χ1n) is 10.4. The van der Waals surface area contributed by atoms with Crippen molar-refractivity contribution in [1.29, 1.82) is 0 Å². The van der Waals surface area contributed by atoms with Crippen LogP contribution in [0.5, 0.6) is 5.75 Å². The molecule has 0 radical (unpaired) electrons. The van der Waals surface area contributed by atoms with E-state index in [-0.39, 0.29) is 37.8 Å². The number of nitrogens with one attached hydrogen (secondary N) is 2. The molecule has 2 N–H and O–H groups in total. The zero-order valence-corrected chi connectivity index (χ0v) is 18.3. The van der Waals surface area contributed by atoms with Crippen LogP contribution in [-0.4, -0.2) is 58.7 Å². The van der Waals surface area contributed by atoms with Crippen LogP contribution in [0.1, 0.15) is 12.0 Å². The molecule has 0 aromatic heterocycles. The second kappa shape index (κ2) is 11.9. The van der Waals surface area contributed by atoms with Gasteiger partial charge in [-0.3, -0.25) is 19.7 Å². The van der Waals surface area contributed by atoms with Gasteiger partial charge in [-0.2, -0.15) is 0 Å². The molecular formula is C22H21N5O8. The Morgan fingerprint density at radius 3 is 2.46 bits per heavy atom. The molecule has 0 bridgehead atoms. The van der Waals surface area contributed by atoms with Crippen LogP contribution in [0.2, 0.25) is 0 Å². The van der Waals surface area contributed by atoms with Crippen molar-refractivity contribution in [3.8, 4) is 5.75 Å². The van der Waals surface area contributed by atoms with Crippen LogP contribution in [0.4, 0.5) is 5.69 Å². The molecule has 0 spiro atoms. The highest BCUT2D eigenvalue weighted by molar-refractivity contribution is 6.29. The number of hydrogen-bond donors (Lipinski definition) is 2. The fourth-order valence-electron chi connectivity index (χ4n) is 3.06. The van der Waals surface area contributed by atoms with E-state index in [0.29, 0.717) is 11.3 Å². The van der Waals surface area contributed by atoms with Gasteiger partial charge in [-0.1, -0.05) is 18.2 Å². The second-order valence-corrected chi connectivity index (χ2v) is 7.30. The van der Waals surface area contributed by atoms with Gasteiger partial charge in [0.15, 0.2) is 6.61 Å². The molecule has 2 aromatic rings. The van der Waals surface area contributed by atoms with Gasteiger partial charge < -0.3 is 30.4 Å². The minimum Gasteiger partial charge on any atom is -0.484 e. The number of nitro groups is 1. The number of nitro benzene ring substituents is 1. The highest BCUT2D eigenvalue weighted by Crippen LogP contribution is 2.14. The van der Waals surface area contributed by atoms with Crippen LogP contribution in [-0.2, 0) is 30.5 Å². The van der Waals surface area contributed by atoms with Crippen molar-refractivity contribution >= 4 is 29.4 Å². The first kappa shape index (κ1) is 24.9. The summed E-state index contributed by atoms with van der Waals surface area (Å²) in [6.07, 6.45) is 0.199. The molecule has 2 unspecified atom stereocenters. The van der Waals surface area contributed by atoms with Crippen LogP contribution in [0.15, 0.2) is 54.6 Å². The summed E-state index contributed by atoms with van der Waals surface area (Å²) in [7, 11) is 0. The number of carbonyl (C=O) groups excluding carboxylic acids is 3. The van der Waals surface area contributed by atoms with Crippen molar-refractivity contribution < 1.29 is 38.3 Å². The van der Waals surface area contributed by atoms with Gasteiger partial charge in [0.2, 0.25) is 5.91 Å². The normalized spacial score (nSPS) is 16.1. The SMILES string of the molecule is [N-]=[N+]=C(OCCC1NC(=O)C1NC(=O)COc1ccccc1)C(=O)OCc1ccc([N+](=O)[O-])cc1. The summed E-state index contributed by atoms with van der Waals surface area (Å²) < 4.78 is 15.4. The molecule has 13 nitrogen and oxygen atoms in total. The topological polar surface area (TPSA) is 182 Å². The van der Waals surface area contributed by atoms with E-state index in [1.807, 2.05) is 6.07 Å². The van der Waals surface area contributed by atoms with Crippen molar-refractivity contribution in [3.63, 3.8) is 0 Å². The van der Waals surface area contributed by atoms with Gasteiger partial charge in [-0.25, -0.2) is 4.79 Å². The molecule has 13 heteroatoms. The molecule has 1 aliphatic rings. The van der Waals surface area contributed by atoms with E-state index in [1.54, 1.807) is 24.3 Å². The Balaban J connectivity index is 1.39. The molecule has 2 amide bonds. The van der Waals surface area contributed by atoms with Crippen LogP contribution < -0.4 is 15.4 Å². The minimum absolute atomic E-state index is 0.109. The monoisotopic (exact) mass is 483 g/mol. The summed E-state index contributed by atoms with van der Waals surface area (Å²) in [6.45, 7) is -0.611. The number of hydrogen-bond acceptors (Lipinski definition) is 8. The molecular weight excluding hydrogens is 462 g/mol. The third kappa shape index (κ3) is 7.11. The Labute approximate surface area is 198 Å². The quantitative estimate of drug-likeness (QED) is 0.0724. The number of non-ortho nitro benzene ring substituents is 1. The summed E-state index contributed by atoms with van der Waals surface area (Å²) in [5.74, 6) is -2.09. The number of ether oxygens (including phenoxy) is 3. The molecule has 1 heterocycles. The van der Waals surface area contributed by atoms with Crippen molar-refractivity contribution in [2.45, 2.75) is 25.1 Å². The zero-order chi connectivity index (χ0) is 25.2. The van der Waals surface area contributed by atoms with Crippen LogP contribution in [0.25, 0.3) is 5.53 Å². The lowest BCUT2D eigenvalue weighted by Crippen LogP contribution is -2.69. The molecule has 0 saturated carbocycles. The fraction of sp³-hybridized carbons (Fsp3) is 0.273. The van der Waals surface area contributed by atoms with Gasteiger partial charge in [0.1, 0.15) is 18.4 Å². The molecule has 2 atom stereocenters. The van der Waals surface area contributed by atoms with Crippen molar-refractivity contribution in [2.24, 2.45) is 0 Å². The lowest BCUT2D eigenvalue weighted by Gasteiger charge is -2.36. The van der Waals surface area contributed by atoms with E-state index in [1.165, 1.54) is 24.3 Å². The average molecular weight is 483 g/mol. The number of para-hydroxylation sites is 1. The predicted octanol–water partition coefficient (Wildman–Crippen LogP) is 0.735. The number of rotatable bonds is 10. The molecule has 1 saturated heterocycles. The fourth-order valence-corrected chi connectivity index (χ4v) is 3.06. The largest absolute Gasteiger partial charge is 0.561 e. The summed E-state index contributed by atoms with van der Waals surface area (Å²) in [4.78, 5) is 48.8. The average Bonchev–Trinajstić information content (AvgIpc) is 2.87. The van der Waals surface area contributed by atoms with E-state index in [2.05, 4.69) is 15.4 Å². The number of amides is 2. The predicted molar refractivity (Wildman–Crippen MR) is 118 cm³/mol. The van der Waals surface area contributed by atoms with E-state index in [0.717, 1.165) is 0 Å². The van der Waals surface area contributed by atoms with Gasteiger partial charge in [0, 0.05) is 18.6 Å². The van der Waals surface area contributed by atoms with Gasteiger partial charge >= 0.3 is 11.9 Å². The van der Waals surface area contributed by atoms with E-state index >= 15 is 0 Å². The van der Waals surface area contributed by atoms with Crippen LogP contribution in [0.3, 0.4) is 0 Å². The van der Waals surface area contributed by atoms with Gasteiger partial charge in [0.05, 0.1) is 17.6 Å². The summed E-state index contributed by atoms with van der Waals surface area (Å²) >= 11 is 0. The maximum absolute atomic E-state index is 12.1. The molecule has 2 aromatic carbocycles. The van der Waals surface area contributed by atoms with Crippen molar-refractivity contribution in [1.82, 2.24) is 10.6 Å². The molecule has 182 valence electrons.